The van der Waals surface area contributed by atoms with Crippen LogP contribution < -0.4 is 5.32 Å². The minimum Gasteiger partial charge on any atom is -0.390 e. The number of aliphatic hydroxyl groups is 1. The van der Waals surface area contributed by atoms with E-state index in [-0.39, 0.29) is 18.5 Å². The van der Waals surface area contributed by atoms with Crippen LogP contribution in [0.1, 0.15) is 16.7 Å². The molecule has 0 saturated heterocycles. The highest BCUT2D eigenvalue weighted by Gasteiger charge is 2.05. The molecule has 4 heteroatoms. The quantitative estimate of drug-likeness (QED) is 0.828. The number of hydrogen-bond donors (Lipinski definition) is 2. The molecule has 0 aliphatic carbocycles. The van der Waals surface area contributed by atoms with Crippen molar-refractivity contribution in [2.75, 3.05) is 27.2 Å². The van der Waals surface area contributed by atoms with Crippen LogP contribution in [0.15, 0.2) is 18.2 Å². The largest absolute Gasteiger partial charge is 0.390 e. The second-order valence-electron chi connectivity index (χ2n) is 4.98. The lowest BCUT2D eigenvalue weighted by Gasteiger charge is -2.17. The predicted molar refractivity (Wildman–Crippen MR) is 79.4 cm³/mol. The summed E-state index contributed by atoms with van der Waals surface area (Å²) in [5.74, 6) is 0. The molecule has 18 heavy (non-hydrogen) atoms. The summed E-state index contributed by atoms with van der Waals surface area (Å²) in [5.41, 5.74) is 3.89. The van der Waals surface area contributed by atoms with E-state index in [1.807, 2.05) is 19.0 Å². The van der Waals surface area contributed by atoms with Gasteiger partial charge in [-0.15, -0.1) is 12.4 Å². The van der Waals surface area contributed by atoms with Gasteiger partial charge in [-0.1, -0.05) is 23.8 Å². The number of aliphatic hydroxyl groups excluding tert-OH is 1. The maximum Gasteiger partial charge on any atom is 0.0791 e. The highest BCUT2D eigenvalue weighted by molar-refractivity contribution is 5.85. The lowest BCUT2D eigenvalue weighted by atomic mass is 10.1. The Bertz CT molecular complexity index is 356. The molecule has 104 valence electrons. The lowest BCUT2D eigenvalue weighted by molar-refractivity contribution is 0.134. The van der Waals surface area contributed by atoms with Gasteiger partial charge < -0.3 is 15.3 Å². The van der Waals surface area contributed by atoms with Crippen molar-refractivity contribution < 1.29 is 5.11 Å². The zero-order chi connectivity index (χ0) is 12.8. The first-order valence-electron chi connectivity index (χ1n) is 6.08. The number of rotatable bonds is 6. The van der Waals surface area contributed by atoms with E-state index in [1.165, 1.54) is 16.7 Å². The number of hydrogen-bond acceptors (Lipinski definition) is 3. The Morgan fingerprint density at radius 1 is 1.28 bits per heavy atom. The van der Waals surface area contributed by atoms with Crippen LogP contribution in [0.4, 0.5) is 0 Å². The van der Waals surface area contributed by atoms with Crippen LogP contribution in [0.2, 0.25) is 0 Å². The van der Waals surface area contributed by atoms with E-state index < -0.39 is 0 Å². The fraction of sp³-hybridized carbons (Fsp3) is 0.571. The highest BCUT2D eigenvalue weighted by Crippen LogP contribution is 2.09. The molecule has 0 aromatic heterocycles. The molecule has 2 N–H and O–H groups in total. The number of nitrogens with one attached hydrogen (secondary N) is 1. The zero-order valence-corrected chi connectivity index (χ0v) is 12.5. The van der Waals surface area contributed by atoms with E-state index in [1.54, 1.807) is 0 Å². The summed E-state index contributed by atoms with van der Waals surface area (Å²) in [6, 6.07) is 6.46. The third-order valence-electron chi connectivity index (χ3n) is 2.77. The predicted octanol–water partition coefficient (Wildman–Crippen LogP) is 1.74. The number of nitrogens with zero attached hydrogens (tertiary/aromatic N) is 1. The summed E-state index contributed by atoms with van der Waals surface area (Å²) in [6.07, 6.45) is -0.309. The molecule has 3 nitrogen and oxygen atoms in total. The normalized spacial score (nSPS) is 12.3. The minimum absolute atomic E-state index is 0. The first kappa shape index (κ1) is 17.4. The van der Waals surface area contributed by atoms with Crippen LogP contribution >= 0.6 is 12.4 Å². The molecule has 1 unspecified atom stereocenters. The van der Waals surface area contributed by atoms with E-state index >= 15 is 0 Å². The minimum atomic E-state index is -0.309. The number of halogens is 1. The Morgan fingerprint density at radius 2 is 1.94 bits per heavy atom. The summed E-state index contributed by atoms with van der Waals surface area (Å²) in [6.45, 7) is 6.37. The number of benzene rings is 1. The van der Waals surface area contributed by atoms with Gasteiger partial charge in [0, 0.05) is 19.6 Å². The van der Waals surface area contributed by atoms with Gasteiger partial charge in [0.1, 0.15) is 0 Å². The summed E-state index contributed by atoms with van der Waals surface area (Å²) in [5, 5.41) is 13.0. The molecule has 0 aliphatic heterocycles. The van der Waals surface area contributed by atoms with E-state index in [0.717, 1.165) is 6.54 Å². The van der Waals surface area contributed by atoms with Gasteiger partial charge in [0.05, 0.1) is 6.10 Å². The zero-order valence-electron chi connectivity index (χ0n) is 11.7. The van der Waals surface area contributed by atoms with E-state index in [9.17, 15) is 5.11 Å². The average molecular weight is 273 g/mol. The molecule has 1 aromatic carbocycles. The molecular weight excluding hydrogens is 248 g/mol. The van der Waals surface area contributed by atoms with Crippen LogP contribution in [0, 0.1) is 13.8 Å². The van der Waals surface area contributed by atoms with E-state index in [0.29, 0.717) is 13.1 Å². The Hall–Kier alpha value is -0.610. The first-order valence-corrected chi connectivity index (χ1v) is 6.08. The smallest absolute Gasteiger partial charge is 0.0791 e. The first-order chi connectivity index (χ1) is 7.99. The van der Waals surface area contributed by atoms with Gasteiger partial charge in [-0.3, -0.25) is 0 Å². The molecule has 0 saturated carbocycles. The fourth-order valence-corrected chi connectivity index (χ4v) is 1.90. The van der Waals surface area contributed by atoms with Crippen molar-refractivity contribution in [3.05, 3.63) is 34.9 Å². The molecule has 0 radical (unpaired) electrons. The molecule has 0 amide bonds. The van der Waals surface area contributed by atoms with Gasteiger partial charge in [0.2, 0.25) is 0 Å². The fourth-order valence-electron chi connectivity index (χ4n) is 1.90. The number of likely N-dealkylation sites (N-methyl/N-ethyl adjacent to an activating group) is 1. The topological polar surface area (TPSA) is 35.5 Å². The molecule has 1 rings (SSSR count). The van der Waals surface area contributed by atoms with Crippen LogP contribution in [-0.2, 0) is 6.54 Å². The van der Waals surface area contributed by atoms with Crippen LogP contribution in [-0.4, -0.2) is 43.3 Å². The summed E-state index contributed by atoms with van der Waals surface area (Å²) < 4.78 is 0. The van der Waals surface area contributed by atoms with Crippen LogP contribution in [0.5, 0.6) is 0 Å². The third kappa shape index (κ3) is 6.36. The van der Waals surface area contributed by atoms with Crippen molar-refractivity contribution >= 4 is 12.4 Å². The van der Waals surface area contributed by atoms with Crippen molar-refractivity contribution in [2.45, 2.75) is 26.5 Å². The molecule has 0 heterocycles. The molecule has 0 fully saturated rings. The van der Waals surface area contributed by atoms with Crippen molar-refractivity contribution in [2.24, 2.45) is 0 Å². The van der Waals surface area contributed by atoms with Gasteiger partial charge in [-0.2, -0.15) is 0 Å². The van der Waals surface area contributed by atoms with E-state index in [4.69, 9.17) is 0 Å². The van der Waals surface area contributed by atoms with Crippen molar-refractivity contribution in [3.63, 3.8) is 0 Å². The van der Waals surface area contributed by atoms with Gasteiger partial charge >= 0.3 is 0 Å². The molecule has 1 aromatic rings. The molecule has 1 atom stereocenters. The maximum atomic E-state index is 9.71. The standard InChI is InChI=1S/C14H24N2O.ClH/c1-11-5-6-13(12(2)7-11)8-15-9-14(17)10-16(3)4;/h5-7,14-15,17H,8-10H2,1-4H3;1H. The molecule has 0 spiro atoms. The van der Waals surface area contributed by atoms with E-state index in [2.05, 4.69) is 37.4 Å². The summed E-state index contributed by atoms with van der Waals surface area (Å²) in [7, 11) is 3.93. The van der Waals surface area contributed by atoms with Crippen LogP contribution in [0.3, 0.4) is 0 Å². The van der Waals surface area contributed by atoms with Crippen molar-refractivity contribution in [1.82, 2.24) is 10.2 Å². The number of aryl methyl sites for hydroxylation is 2. The van der Waals surface area contributed by atoms with Gasteiger partial charge in [0.15, 0.2) is 0 Å². The third-order valence-corrected chi connectivity index (χ3v) is 2.77. The highest BCUT2D eigenvalue weighted by atomic mass is 35.5. The lowest BCUT2D eigenvalue weighted by Crippen LogP contribution is -2.34. The Kier molecular flexibility index (Phi) is 8.20. The Morgan fingerprint density at radius 3 is 2.50 bits per heavy atom. The van der Waals surface area contributed by atoms with Crippen LogP contribution in [0.25, 0.3) is 0 Å². The summed E-state index contributed by atoms with van der Waals surface area (Å²) >= 11 is 0. The Labute approximate surface area is 117 Å². The molecule has 0 aliphatic rings. The monoisotopic (exact) mass is 272 g/mol. The molecular formula is C14H25ClN2O. The molecule has 0 bridgehead atoms. The van der Waals surface area contributed by atoms with Gasteiger partial charge in [0.25, 0.3) is 0 Å². The van der Waals surface area contributed by atoms with Gasteiger partial charge in [-0.05, 0) is 39.1 Å². The second kappa shape index (κ2) is 8.48. The SMILES string of the molecule is Cc1ccc(CNCC(O)CN(C)C)c(C)c1.Cl. The Balaban J connectivity index is 0.00000289. The van der Waals surface area contributed by atoms with Crippen molar-refractivity contribution in [1.29, 1.82) is 0 Å². The summed E-state index contributed by atoms with van der Waals surface area (Å²) in [4.78, 5) is 1.99. The average Bonchev–Trinajstić information content (AvgIpc) is 2.20. The maximum absolute atomic E-state index is 9.71. The van der Waals surface area contributed by atoms with Gasteiger partial charge in [-0.25, -0.2) is 0 Å². The van der Waals surface area contributed by atoms with Crippen molar-refractivity contribution in [3.8, 4) is 0 Å². The second-order valence-corrected chi connectivity index (χ2v) is 4.98.